The van der Waals surface area contributed by atoms with Crippen LogP contribution in [0.2, 0.25) is 5.02 Å². The van der Waals surface area contributed by atoms with Crippen LogP contribution >= 0.6 is 11.6 Å². The summed E-state index contributed by atoms with van der Waals surface area (Å²) in [5.74, 6) is -0.332. The molecule has 1 heterocycles. The van der Waals surface area contributed by atoms with Crippen LogP contribution < -0.4 is 19.9 Å². The number of aliphatic hydroxyl groups excluding tert-OH is 1. The molecular formula is C44H47ClN4O7S. The Morgan fingerprint density at radius 1 is 0.912 bits per heavy atom. The van der Waals surface area contributed by atoms with E-state index in [1.165, 1.54) is 13.1 Å². The molecule has 0 spiro atoms. The molecule has 0 saturated carbocycles. The molecule has 0 radical (unpaired) electrons. The highest BCUT2D eigenvalue weighted by atomic mass is 35.5. The van der Waals surface area contributed by atoms with Crippen molar-refractivity contribution in [3.63, 3.8) is 0 Å². The van der Waals surface area contributed by atoms with Gasteiger partial charge in [-0.3, -0.25) is 9.78 Å². The first-order chi connectivity index (χ1) is 27.2. The van der Waals surface area contributed by atoms with E-state index in [0.717, 1.165) is 44.5 Å². The van der Waals surface area contributed by atoms with Crippen LogP contribution in [-0.4, -0.2) is 48.5 Å². The number of hydrogen-bond acceptors (Lipinski definition) is 9. The lowest BCUT2D eigenvalue weighted by molar-refractivity contribution is -0.150. The van der Waals surface area contributed by atoms with Crippen molar-refractivity contribution < 1.29 is 32.9 Å². The van der Waals surface area contributed by atoms with E-state index in [1.807, 2.05) is 12.1 Å². The largest absolute Gasteiger partial charge is 0.488 e. The fourth-order valence-electron chi connectivity index (χ4n) is 6.43. The highest BCUT2D eigenvalue weighted by Crippen LogP contribution is 2.38. The minimum atomic E-state index is -3.46. The van der Waals surface area contributed by atoms with E-state index in [2.05, 4.69) is 78.7 Å². The van der Waals surface area contributed by atoms with Crippen LogP contribution in [-0.2, 0) is 41.0 Å². The smallest absolute Gasteiger partial charge is 0.311 e. The number of halogens is 1. The molecule has 0 aliphatic rings. The molecular weight excluding hydrogens is 764 g/mol. The number of carbonyl (C=O) groups is 1. The van der Waals surface area contributed by atoms with Gasteiger partial charge in [0.05, 0.1) is 28.4 Å². The number of benzene rings is 4. The molecule has 0 unspecified atom stereocenters. The number of nitrogens with one attached hydrogen (secondary N) is 1. The molecule has 4 aromatic carbocycles. The normalized spacial score (nSPS) is 12.4. The Balaban J connectivity index is 1.34. The third kappa shape index (κ3) is 11.4. The van der Waals surface area contributed by atoms with E-state index in [-0.39, 0.29) is 31.8 Å². The average molecular weight is 811 g/mol. The van der Waals surface area contributed by atoms with Gasteiger partial charge in [0.1, 0.15) is 30.8 Å². The predicted molar refractivity (Wildman–Crippen MR) is 221 cm³/mol. The third-order valence-corrected chi connectivity index (χ3v) is 11.2. The number of carboxylic acids is 1. The Kier molecular flexibility index (Phi) is 14.5. The fraction of sp³-hybridized carbons (Fsp3) is 0.295. The van der Waals surface area contributed by atoms with Gasteiger partial charge >= 0.3 is 5.97 Å². The number of nitrogens with two attached hydrogens (primary N) is 1. The van der Waals surface area contributed by atoms with Gasteiger partial charge in [-0.1, -0.05) is 72.3 Å². The molecule has 0 bridgehead atoms. The van der Waals surface area contributed by atoms with Crippen molar-refractivity contribution >= 4 is 27.6 Å². The van der Waals surface area contributed by atoms with Gasteiger partial charge in [-0.15, -0.1) is 0 Å². The van der Waals surface area contributed by atoms with Crippen molar-refractivity contribution in [3.8, 4) is 39.8 Å². The number of aliphatic hydroxyl groups is 1. The summed E-state index contributed by atoms with van der Waals surface area (Å²) in [4.78, 5) is 16.0. The Bertz CT molecular complexity index is 2360. The number of pyridine rings is 1. The van der Waals surface area contributed by atoms with E-state index in [9.17, 15) is 28.7 Å². The summed E-state index contributed by atoms with van der Waals surface area (Å²) in [7, 11) is -3.46. The first-order valence-electron chi connectivity index (χ1n) is 18.5. The molecule has 1 aromatic heterocycles. The Hall–Kier alpha value is -5.29. The van der Waals surface area contributed by atoms with Gasteiger partial charge in [0.15, 0.2) is 0 Å². The molecule has 0 amide bonds. The Labute approximate surface area is 339 Å². The number of ether oxygens (including phenoxy) is 2. The molecule has 57 heavy (non-hydrogen) atoms. The second kappa shape index (κ2) is 19.2. The number of sulfonamides is 1. The molecule has 0 aliphatic carbocycles. The molecule has 1 atom stereocenters. The predicted octanol–water partition coefficient (Wildman–Crippen LogP) is 7.50. The highest BCUT2D eigenvalue weighted by molar-refractivity contribution is 7.89. The second-order valence-electron chi connectivity index (χ2n) is 14.3. The Morgan fingerprint density at radius 2 is 1.60 bits per heavy atom. The zero-order valence-electron chi connectivity index (χ0n) is 32.2. The van der Waals surface area contributed by atoms with E-state index in [0.29, 0.717) is 52.7 Å². The van der Waals surface area contributed by atoms with Crippen LogP contribution in [0.25, 0.3) is 22.3 Å². The van der Waals surface area contributed by atoms with Crippen LogP contribution in [0.15, 0.2) is 91.3 Å². The third-order valence-electron chi connectivity index (χ3n) is 10.1. The SMILES string of the molecule is Cc1c(COc2cc(OCc3cncc(C#N)c3)c(CC[C@@](C)(CO)C(=O)O)cc2Cl)cccc1-c1cccc(-c2ccc(CNCCCS(N)(=O)=O)cc2)c1C. The maximum Gasteiger partial charge on any atom is 0.311 e. The van der Waals surface area contributed by atoms with Crippen LogP contribution in [0.1, 0.15) is 58.7 Å². The summed E-state index contributed by atoms with van der Waals surface area (Å²) in [5, 5.41) is 37.6. The van der Waals surface area contributed by atoms with Crippen molar-refractivity contribution in [1.82, 2.24) is 10.3 Å². The molecule has 5 aromatic rings. The van der Waals surface area contributed by atoms with Gasteiger partial charge in [0, 0.05) is 30.6 Å². The number of nitriles is 1. The summed E-state index contributed by atoms with van der Waals surface area (Å²) in [6, 6.07) is 27.8. The number of carboxylic acid groups (broad SMARTS) is 1. The van der Waals surface area contributed by atoms with Crippen LogP contribution in [0.4, 0.5) is 0 Å². The number of nitrogens with zero attached hydrogens (tertiary/aromatic N) is 2. The second-order valence-corrected chi connectivity index (χ2v) is 16.5. The first kappa shape index (κ1) is 42.8. The van der Waals surface area contributed by atoms with Crippen LogP contribution in [0, 0.1) is 30.6 Å². The van der Waals surface area contributed by atoms with E-state index in [4.69, 9.17) is 26.2 Å². The first-order valence-corrected chi connectivity index (χ1v) is 20.6. The van der Waals surface area contributed by atoms with Crippen molar-refractivity contribution in [2.24, 2.45) is 10.6 Å². The van der Waals surface area contributed by atoms with Crippen molar-refractivity contribution in [1.29, 1.82) is 5.26 Å². The number of primary sulfonamides is 1. The molecule has 13 heteroatoms. The lowest BCUT2D eigenvalue weighted by Crippen LogP contribution is -2.32. The van der Waals surface area contributed by atoms with E-state index in [1.54, 1.807) is 24.4 Å². The van der Waals surface area contributed by atoms with Gasteiger partial charge in [0.2, 0.25) is 10.0 Å². The van der Waals surface area contributed by atoms with Gasteiger partial charge in [-0.25, -0.2) is 13.6 Å². The van der Waals surface area contributed by atoms with E-state index < -0.39 is 28.0 Å². The number of hydrogen-bond donors (Lipinski definition) is 4. The quantitative estimate of drug-likeness (QED) is 0.0609. The minimum absolute atomic E-state index is 0.0467. The van der Waals surface area contributed by atoms with Gasteiger partial charge in [-0.05, 0) is 109 Å². The molecule has 0 fully saturated rings. The minimum Gasteiger partial charge on any atom is -0.488 e. The van der Waals surface area contributed by atoms with E-state index >= 15 is 0 Å². The summed E-state index contributed by atoms with van der Waals surface area (Å²) >= 11 is 6.78. The lowest BCUT2D eigenvalue weighted by atomic mass is 9.85. The highest BCUT2D eigenvalue weighted by Gasteiger charge is 2.32. The molecule has 5 N–H and O–H groups in total. The monoisotopic (exact) mass is 810 g/mol. The van der Waals surface area contributed by atoms with Gasteiger partial charge < -0.3 is 25.0 Å². The summed E-state index contributed by atoms with van der Waals surface area (Å²) in [6.45, 7) is 6.63. The maximum absolute atomic E-state index is 11.9. The fourth-order valence-corrected chi connectivity index (χ4v) is 7.22. The molecule has 0 saturated heterocycles. The standard InChI is InChI=1S/C44H47ClN4O7S/c1-29-36(7-4-9-38(29)39-10-5-8-37(30(39)2)34-13-11-31(12-14-34)23-48-17-6-18-57(47,53)54)27-56-42-21-41(55-26-33-19-32(22-46)24-49-25-33)35(20-40(42)45)15-16-44(3,28-50)43(51)52/h4-5,7-14,19-21,24-25,48,50H,6,15-18,23,26-28H2,1-3H3,(H,51,52)(H2,47,53,54)/t44-/m0/s1. The average Bonchev–Trinajstić information content (AvgIpc) is 3.19. The molecule has 11 nitrogen and oxygen atoms in total. The Morgan fingerprint density at radius 3 is 2.28 bits per heavy atom. The van der Waals surface area contributed by atoms with Crippen molar-refractivity contribution in [2.75, 3.05) is 18.9 Å². The zero-order valence-corrected chi connectivity index (χ0v) is 33.8. The number of aromatic nitrogens is 1. The lowest BCUT2D eigenvalue weighted by Gasteiger charge is -2.23. The molecule has 5 rings (SSSR count). The summed E-state index contributed by atoms with van der Waals surface area (Å²) in [6.07, 6.45) is 3.93. The number of aryl methyl sites for hydroxylation is 1. The maximum atomic E-state index is 11.9. The van der Waals surface area contributed by atoms with Crippen LogP contribution in [0.3, 0.4) is 0 Å². The number of rotatable bonds is 19. The zero-order chi connectivity index (χ0) is 41.2. The van der Waals surface area contributed by atoms with Gasteiger partial charge in [-0.2, -0.15) is 5.26 Å². The summed E-state index contributed by atoms with van der Waals surface area (Å²) < 4.78 is 34.9. The molecule has 298 valence electrons. The van der Waals surface area contributed by atoms with Gasteiger partial charge in [0.25, 0.3) is 0 Å². The summed E-state index contributed by atoms with van der Waals surface area (Å²) in [5.41, 5.74) is 8.95. The molecule has 0 aliphatic heterocycles. The number of aliphatic carboxylic acids is 1. The topological polar surface area (TPSA) is 185 Å². The van der Waals surface area contributed by atoms with Crippen molar-refractivity contribution in [2.45, 2.75) is 59.8 Å². The van der Waals surface area contributed by atoms with Crippen LogP contribution in [0.5, 0.6) is 11.5 Å². The van der Waals surface area contributed by atoms with Crippen molar-refractivity contribution in [3.05, 3.63) is 135 Å².